The predicted molar refractivity (Wildman–Crippen MR) is 103 cm³/mol. The van der Waals surface area contributed by atoms with Crippen molar-refractivity contribution in [2.24, 2.45) is 0 Å². The van der Waals surface area contributed by atoms with Gasteiger partial charge in [-0.2, -0.15) is 0 Å². The second-order valence-electron chi connectivity index (χ2n) is 6.67. The number of nitrogens with zero attached hydrogens (tertiary/aromatic N) is 2. The van der Waals surface area contributed by atoms with E-state index in [9.17, 15) is 9.59 Å². The van der Waals surface area contributed by atoms with Gasteiger partial charge in [-0.15, -0.1) is 0 Å². The highest BCUT2D eigenvalue weighted by molar-refractivity contribution is 6.30. The summed E-state index contributed by atoms with van der Waals surface area (Å²) < 4.78 is 0. The molecule has 0 spiro atoms. The van der Waals surface area contributed by atoms with Gasteiger partial charge in [0, 0.05) is 43.2 Å². The van der Waals surface area contributed by atoms with Crippen molar-refractivity contribution in [3.63, 3.8) is 0 Å². The van der Waals surface area contributed by atoms with Crippen LogP contribution in [0.1, 0.15) is 27.9 Å². The lowest BCUT2D eigenvalue weighted by Crippen LogP contribution is -2.50. The van der Waals surface area contributed by atoms with Gasteiger partial charge < -0.3 is 9.80 Å². The van der Waals surface area contributed by atoms with Gasteiger partial charge in [0.05, 0.1) is 0 Å². The number of carbonyl (C=O) groups excluding carboxylic acids is 2. The van der Waals surface area contributed by atoms with E-state index in [2.05, 4.69) is 31.2 Å². The third kappa shape index (κ3) is 4.64. The fraction of sp³-hybridized carbons (Fsp3) is 0.333. The van der Waals surface area contributed by atoms with Crippen molar-refractivity contribution < 1.29 is 9.59 Å². The zero-order valence-corrected chi connectivity index (χ0v) is 15.7. The molecular weight excluding hydrogens is 348 g/mol. The number of hydrogen-bond donors (Lipinski definition) is 0. The van der Waals surface area contributed by atoms with Crippen LogP contribution in [-0.4, -0.2) is 47.8 Å². The molecule has 2 aromatic carbocycles. The number of benzene rings is 2. The third-order valence-electron chi connectivity index (χ3n) is 4.74. The van der Waals surface area contributed by atoms with Crippen LogP contribution in [0.15, 0.2) is 48.5 Å². The topological polar surface area (TPSA) is 40.6 Å². The number of amides is 2. The quantitative estimate of drug-likeness (QED) is 0.825. The fourth-order valence-electron chi connectivity index (χ4n) is 3.13. The summed E-state index contributed by atoms with van der Waals surface area (Å²) in [6.45, 7) is 4.33. The molecular formula is C21H23ClN2O2. The molecule has 0 saturated carbocycles. The smallest absolute Gasteiger partial charge is 0.254 e. The van der Waals surface area contributed by atoms with Crippen molar-refractivity contribution in [2.75, 3.05) is 26.2 Å². The zero-order valence-electron chi connectivity index (χ0n) is 15.0. The largest absolute Gasteiger partial charge is 0.339 e. The molecule has 136 valence electrons. The summed E-state index contributed by atoms with van der Waals surface area (Å²) in [5, 5.41) is 0.556. The third-order valence-corrected chi connectivity index (χ3v) is 4.97. The van der Waals surface area contributed by atoms with Crippen molar-refractivity contribution in [3.8, 4) is 0 Å². The van der Waals surface area contributed by atoms with E-state index >= 15 is 0 Å². The maximum atomic E-state index is 12.5. The van der Waals surface area contributed by atoms with Gasteiger partial charge in [0.15, 0.2) is 0 Å². The number of rotatable bonds is 4. The summed E-state index contributed by atoms with van der Waals surface area (Å²) in [6.07, 6.45) is 1.26. The number of halogens is 1. The van der Waals surface area contributed by atoms with Crippen LogP contribution >= 0.6 is 11.6 Å². The first-order chi connectivity index (χ1) is 12.5. The van der Waals surface area contributed by atoms with Crippen molar-refractivity contribution in [2.45, 2.75) is 19.8 Å². The summed E-state index contributed by atoms with van der Waals surface area (Å²) in [7, 11) is 0. The molecule has 1 heterocycles. The standard InChI is InChI=1S/C21H23ClN2O2/c1-16-5-7-17(8-6-16)9-10-20(25)23-11-13-24(14-12-23)21(26)18-3-2-4-19(22)15-18/h2-8,15H,9-14H2,1H3. The van der Waals surface area contributed by atoms with E-state index in [4.69, 9.17) is 11.6 Å². The van der Waals surface area contributed by atoms with E-state index in [1.165, 1.54) is 11.1 Å². The highest BCUT2D eigenvalue weighted by Gasteiger charge is 2.24. The Morgan fingerprint density at radius 1 is 0.962 bits per heavy atom. The summed E-state index contributed by atoms with van der Waals surface area (Å²) in [5.41, 5.74) is 3.00. The molecule has 3 rings (SSSR count). The van der Waals surface area contributed by atoms with E-state index in [0.29, 0.717) is 43.2 Å². The second kappa shape index (κ2) is 8.37. The van der Waals surface area contributed by atoms with Crippen molar-refractivity contribution in [1.82, 2.24) is 9.80 Å². The Kier molecular flexibility index (Phi) is 5.94. The number of aryl methyl sites for hydroxylation is 2. The molecule has 1 fully saturated rings. The van der Waals surface area contributed by atoms with Gasteiger partial charge in [-0.05, 0) is 37.1 Å². The van der Waals surface area contributed by atoms with E-state index in [0.717, 1.165) is 6.42 Å². The molecule has 2 aromatic rings. The molecule has 26 heavy (non-hydrogen) atoms. The lowest BCUT2D eigenvalue weighted by molar-refractivity contribution is -0.132. The van der Waals surface area contributed by atoms with Crippen LogP contribution in [-0.2, 0) is 11.2 Å². The minimum atomic E-state index is -0.0285. The molecule has 0 N–H and O–H groups in total. The molecule has 1 aliphatic rings. The van der Waals surface area contributed by atoms with Crippen LogP contribution in [0.25, 0.3) is 0 Å². The average molecular weight is 371 g/mol. The van der Waals surface area contributed by atoms with Crippen LogP contribution in [0.4, 0.5) is 0 Å². The van der Waals surface area contributed by atoms with E-state index < -0.39 is 0 Å². The van der Waals surface area contributed by atoms with Crippen LogP contribution in [0.5, 0.6) is 0 Å². The molecule has 0 aromatic heterocycles. The molecule has 1 aliphatic heterocycles. The molecule has 1 saturated heterocycles. The van der Waals surface area contributed by atoms with Crippen LogP contribution in [0.3, 0.4) is 0 Å². The van der Waals surface area contributed by atoms with E-state index in [-0.39, 0.29) is 11.8 Å². The minimum Gasteiger partial charge on any atom is -0.339 e. The van der Waals surface area contributed by atoms with Gasteiger partial charge in [-0.25, -0.2) is 0 Å². The van der Waals surface area contributed by atoms with Crippen LogP contribution in [0.2, 0.25) is 5.02 Å². The first-order valence-electron chi connectivity index (χ1n) is 8.91. The highest BCUT2D eigenvalue weighted by Crippen LogP contribution is 2.15. The van der Waals surface area contributed by atoms with Gasteiger partial charge in [0.25, 0.3) is 5.91 Å². The second-order valence-corrected chi connectivity index (χ2v) is 7.11. The Bertz CT molecular complexity index is 781. The maximum Gasteiger partial charge on any atom is 0.254 e. The molecule has 4 nitrogen and oxygen atoms in total. The molecule has 0 radical (unpaired) electrons. The molecule has 0 unspecified atom stereocenters. The summed E-state index contributed by atoms with van der Waals surface area (Å²) in [6, 6.07) is 15.3. The highest BCUT2D eigenvalue weighted by atomic mass is 35.5. The summed E-state index contributed by atoms with van der Waals surface area (Å²) in [5.74, 6) is 0.125. The molecule has 0 atom stereocenters. The Hall–Kier alpha value is -2.33. The number of piperazine rings is 1. The Morgan fingerprint density at radius 3 is 2.27 bits per heavy atom. The minimum absolute atomic E-state index is 0.0285. The first kappa shape index (κ1) is 18.5. The van der Waals surface area contributed by atoms with E-state index in [1.54, 1.807) is 29.2 Å². The Balaban J connectivity index is 1.49. The maximum absolute atomic E-state index is 12.5. The van der Waals surface area contributed by atoms with Gasteiger partial charge in [0.1, 0.15) is 0 Å². The predicted octanol–water partition coefficient (Wildman–Crippen LogP) is 3.57. The van der Waals surface area contributed by atoms with Gasteiger partial charge in [0.2, 0.25) is 5.91 Å². The van der Waals surface area contributed by atoms with Gasteiger partial charge >= 0.3 is 0 Å². The average Bonchev–Trinajstić information content (AvgIpc) is 2.67. The van der Waals surface area contributed by atoms with Crippen LogP contribution < -0.4 is 0 Å². The number of hydrogen-bond acceptors (Lipinski definition) is 2. The zero-order chi connectivity index (χ0) is 18.5. The molecule has 5 heteroatoms. The lowest BCUT2D eigenvalue weighted by Gasteiger charge is -2.35. The SMILES string of the molecule is Cc1ccc(CCC(=O)N2CCN(C(=O)c3cccc(Cl)c3)CC2)cc1. The summed E-state index contributed by atoms with van der Waals surface area (Å²) >= 11 is 5.96. The van der Waals surface area contributed by atoms with E-state index in [1.807, 2.05) is 4.90 Å². The van der Waals surface area contributed by atoms with Crippen molar-refractivity contribution in [1.29, 1.82) is 0 Å². The lowest BCUT2D eigenvalue weighted by atomic mass is 10.1. The first-order valence-corrected chi connectivity index (χ1v) is 9.29. The van der Waals surface area contributed by atoms with Crippen LogP contribution in [0, 0.1) is 6.92 Å². The molecule has 2 amide bonds. The fourth-order valence-corrected chi connectivity index (χ4v) is 3.32. The monoisotopic (exact) mass is 370 g/mol. The van der Waals surface area contributed by atoms with Gasteiger partial charge in [-0.1, -0.05) is 47.5 Å². The van der Waals surface area contributed by atoms with Gasteiger partial charge in [-0.3, -0.25) is 9.59 Å². The molecule has 0 aliphatic carbocycles. The normalized spacial score (nSPS) is 14.4. The van der Waals surface area contributed by atoms with Crippen molar-refractivity contribution in [3.05, 3.63) is 70.2 Å². The summed E-state index contributed by atoms with van der Waals surface area (Å²) in [4.78, 5) is 28.6. The van der Waals surface area contributed by atoms with Crippen molar-refractivity contribution >= 4 is 23.4 Å². The number of carbonyl (C=O) groups is 2. The molecule has 0 bridgehead atoms. The Labute approximate surface area is 159 Å². The Morgan fingerprint density at radius 2 is 1.62 bits per heavy atom.